The van der Waals surface area contributed by atoms with Crippen LogP contribution in [0, 0.1) is 11.3 Å². The Bertz CT molecular complexity index is 1070. The van der Waals surface area contributed by atoms with Crippen LogP contribution in [0.4, 0.5) is 13.2 Å². The Balaban J connectivity index is 1.77. The Hall–Kier alpha value is -1.84. The van der Waals surface area contributed by atoms with Crippen LogP contribution in [0.25, 0.3) is 10.8 Å². The molecule has 0 spiro atoms. The van der Waals surface area contributed by atoms with E-state index in [1.54, 1.807) is 18.2 Å². The van der Waals surface area contributed by atoms with Gasteiger partial charge in [-0.05, 0) is 65.5 Å². The van der Waals surface area contributed by atoms with Gasteiger partial charge in [-0.15, -0.1) is 0 Å². The highest BCUT2D eigenvalue weighted by Gasteiger charge is 2.38. The van der Waals surface area contributed by atoms with Crippen LogP contribution in [0.1, 0.15) is 57.6 Å². The molecule has 0 unspecified atom stereocenters. The van der Waals surface area contributed by atoms with Crippen molar-refractivity contribution in [2.75, 3.05) is 12.3 Å². The molecule has 5 nitrogen and oxygen atoms in total. The molecule has 0 saturated heterocycles. The average molecular weight is 488 g/mol. The highest BCUT2D eigenvalue weighted by atomic mass is 32.2. The summed E-state index contributed by atoms with van der Waals surface area (Å²) in [6, 6.07) is 7.68. The number of ether oxygens (including phenoxy) is 1. The molecule has 2 N–H and O–H groups in total. The molecule has 0 heterocycles. The lowest BCUT2D eigenvalue weighted by Gasteiger charge is -2.37. The molecule has 1 saturated carbocycles. The number of hydrogen-bond acceptors (Lipinski definition) is 4. The first-order valence-electron chi connectivity index (χ1n) is 11.2. The third-order valence-corrected chi connectivity index (χ3v) is 7.11. The van der Waals surface area contributed by atoms with E-state index in [1.165, 1.54) is 12.1 Å². The summed E-state index contributed by atoms with van der Waals surface area (Å²) in [5, 5.41) is 3.37. The zero-order valence-electron chi connectivity index (χ0n) is 19.2. The van der Waals surface area contributed by atoms with Gasteiger partial charge in [0.1, 0.15) is 11.3 Å². The maximum atomic E-state index is 14.0. The summed E-state index contributed by atoms with van der Waals surface area (Å²) >= 11 is 0. The van der Waals surface area contributed by atoms with Crippen molar-refractivity contribution in [3.05, 3.63) is 41.5 Å². The number of halogens is 3. The van der Waals surface area contributed by atoms with E-state index in [1.807, 2.05) is 0 Å². The van der Waals surface area contributed by atoms with E-state index in [-0.39, 0.29) is 35.7 Å². The van der Waals surface area contributed by atoms with Gasteiger partial charge < -0.3 is 10.1 Å². The number of hydrogen-bond donors (Lipinski definition) is 2. The molecule has 184 valence electrons. The smallest absolute Gasteiger partial charge is 0.420 e. The second kappa shape index (κ2) is 9.80. The molecule has 2 aromatic carbocycles. The van der Waals surface area contributed by atoms with Crippen LogP contribution in [0.3, 0.4) is 0 Å². The van der Waals surface area contributed by atoms with Crippen molar-refractivity contribution < 1.29 is 30.9 Å². The molecule has 0 amide bonds. The second-order valence-electron chi connectivity index (χ2n) is 9.91. The van der Waals surface area contributed by atoms with E-state index in [0.29, 0.717) is 16.9 Å². The van der Waals surface area contributed by atoms with E-state index in [4.69, 9.17) is 9.29 Å². The first-order valence-corrected chi connectivity index (χ1v) is 12.8. The molecule has 1 aliphatic rings. The largest absolute Gasteiger partial charge is 0.490 e. The van der Waals surface area contributed by atoms with Crippen LogP contribution in [-0.2, 0) is 22.8 Å². The Morgan fingerprint density at radius 2 is 1.73 bits per heavy atom. The van der Waals surface area contributed by atoms with Crippen molar-refractivity contribution >= 4 is 20.9 Å². The topological polar surface area (TPSA) is 75.6 Å². The summed E-state index contributed by atoms with van der Waals surface area (Å²) in [6.45, 7) is 6.89. The quantitative estimate of drug-likeness (QED) is 0.380. The van der Waals surface area contributed by atoms with Crippen LogP contribution in [0.5, 0.6) is 5.75 Å². The van der Waals surface area contributed by atoms with Crippen LogP contribution in [-0.4, -0.2) is 31.4 Å². The van der Waals surface area contributed by atoms with Crippen molar-refractivity contribution in [1.29, 1.82) is 0 Å². The van der Waals surface area contributed by atoms with Crippen LogP contribution < -0.4 is 10.1 Å². The third-order valence-electron chi connectivity index (χ3n) is 6.39. The number of alkyl halides is 3. The highest BCUT2D eigenvalue weighted by molar-refractivity contribution is 7.85. The minimum atomic E-state index is -4.56. The molecule has 0 aliphatic heterocycles. The first-order chi connectivity index (χ1) is 15.2. The molecule has 0 radical (unpaired) electrons. The molecule has 33 heavy (non-hydrogen) atoms. The lowest BCUT2D eigenvalue weighted by molar-refractivity contribution is -0.138. The fourth-order valence-corrected chi connectivity index (χ4v) is 4.92. The minimum absolute atomic E-state index is 0.0366. The number of benzene rings is 2. The van der Waals surface area contributed by atoms with Gasteiger partial charge in [0.15, 0.2) is 0 Å². The van der Waals surface area contributed by atoms with Crippen molar-refractivity contribution in [2.45, 2.75) is 65.3 Å². The fourth-order valence-electron chi connectivity index (χ4n) is 4.52. The molecule has 9 heteroatoms. The van der Waals surface area contributed by atoms with E-state index in [0.717, 1.165) is 25.7 Å². The third kappa shape index (κ3) is 7.07. The summed E-state index contributed by atoms with van der Waals surface area (Å²) in [4.78, 5) is 0. The lowest BCUT2D eigenvalue weighted by atomic mass is 9.72. The van der Waals surface area contributed by atoms with Crippen molar-refractivity contribution in [3.8, 4) is 5.75 Å². The number of fused-ring (bicyclic) bond motifs is 1. The molecule has 2 aromatic rings. The van der Waals surface area contributed by atoms with Crippen LogP contribution in [0.2, 0.25) is 0 Å². The van der Waals surface area contributed by atoms with Gasteiger partial charge in [-0.1, -0.05) is 39.0 Å². The zero-order valence-corrected chi connectivity index (χ0v) is 20.0. The summed E-state index contributed by atoms with van der Waals surface area (Å²) < 4.78 is 78.4. The fraction of sp³-hybridized carbons (Fsp3) is 0.583. The van der Waals surface area contributed by atoms with E-state index in [9.17, 15) is 21.6 Å². The standard InChI is InChI=1S/C24H32F3NO4S/c1-23(2,3)18-6-8-19(9-7-18)32-21-11-5-17-14-16(15-28-12-13-33(29,30)31)4-10-20(17)22(21)24(25,26)27/h4-5,10-11,14,18-19,28H,6-9,12-13,15H2,1-3H3,(H,29,30,31)/t18-,19-. The van der Waals surface area contributed by atoms with Crippen molar-refractivity contribution in [1.82, 2.24) is 5.32 Å². The molecule has 0 aromatic heterocycles. The summed E-state index contributed by atoms with van der Waals surface area (Å²) in [7, 11) is -4.06. The molecule has 1 fully saturated rings. The Morgan fingerprint density at radius 3 is 2.30 bits per heavy atom. The molecule has 0 bridgehead atoms. The van der Waals surface area contributed by atoms with Gasteiger partial charge in [0, 0.05) is 13.1 Å². The second-order valence-corrected chi connectivity index (χ2v) is 11.5. The first kappa shape index (κ1) is 25.8. The Kier molecular flexibility index (Phi) is 7.65. The normalized spacial score (nSPS) is 20.2. The number of nitrogens with one attached hydrogen (secondary N) is 1. The maximum Gasteiger partial charge on any atom is 0.420 e. The molecular weight excluding hydrogens is 455 g/mol. The molecule has 1 aliphatic carbocycles. The van der Waals surface area contributed by atoms with Gasteiger partial charge in [-0.2, -0.15) is 21.6 Å². The predicted molar refractivity (Wildman–Crippen MR) is 123 cm³/mol. The van der Waals surface area contributed by atoms with Gasteiger partial charge in [0.05, 0.1) is 11.9 Å². The Labute approximate surface area is 193 Å². The maximum absolute atomic E-state index is 14.0. The van der Waals surface area contributed by atoms with Crippen molar-refractivity contribution in [3.63, 3.8) is 0 Å². The molecule has 0 atom stereocenters. The summed E-state index contributed by atoms with van der Waals surface area (Å²) in [6.07, 6.45) is -1.43. The van der Waals surface area contributed by atoms with E-state index in [2.05, 4.69) is 26.1 Å². The Morgan fingerprint density at radius 1 is 1.06 bits per heavy atom. The minimum Gasteiger partial charge on any atom is -0.490 e. The molecular formula is C24H32F3NO4S. The van der Waals surface area contributed by atoms with Gasteiger partial charge in [0.2, 0.25) is 0 Å². The SMILES string of the molecule is CC(C)(C)[C@H]1CC[C@H](Oc2ccc3cc(CNCCS(=O)(=O)O)ccc3c2C(F)(F)F)CC1. The molecule has 3 rings (SSSR count). The van der Waals surface area contributed by atoms with Crippen molar-refractivity contribution in [2.24, 2.45) is 11.3 Å². The van der Waals surface area contributed by atoms with Gasteiger partial charge in [-0.3, -0.25) is 4.55 Å². The summed E-state index contributed by atoms with van der Waals surface area (Å²) in [5.41, 5.74) is 0.133. The van der Waals surface area contributed by atoms with E-state index >= 15 is 0 Å². The average Bonchev–Trinajstić information content (AvgIpc) is 2.69. The van der Waals surface area contributed by atoms with Gasteiger partial charge >= 0.3 is 6.18 Å². The monoisotopic (exact) mass is 487 g/mol. The zero-order chi connectivity index (χ0) is 24.4. The number of rotatable bonds is 7. The highest BCUT2D eigenvalue weighted by Crippen LogP contribution is 2.44. The summed E-state index contributed by atoms with van der Waals surface area (Å²) in [5.74, 6) is -0.0224. The van der Waals surface area contributed by atoms with Gasteiger partial charge in [0.25, 0.3) is 10.1 Å². The van der Waals surface area contributed by atoms with Crippen LogP contribution >= 0.6 is 0 Å². The predicted octanol–water partition coefficient (Wildman–Crippen LogP) is 5.82. The lowest BCUT2D eigenvalue weighted by Crippen LogP contribution is -2.31. The van der Waals surface area contributed by atoms with E-state index < -0.39 is 27.6 Å². The van der Waals surface area contributed by atoms with Gasteiger partial charge in [-0.25, -0.2) is 0 Å². The van der Waals surface area contributed by atoms with Crippen LogP contribution in [0.15, 0.2) is 30.3 Å².